The van der Waals surface area contributed by atoms with Crippen molar-refractivity contribution in [3.05, 3.63) is 24.3 Å². The van der Waals surface area contributed by atoms with Crippen LogP contribution in [0, 0.1) is 5.92 Å². The first-order valence-corrected chi connectivity index (χ1v) is 8.29. The zero-order valence-electron chi connectivity index (χ0n) is 11.2. The largest absolute Gasteiger partial charge is 0.507 e. The van der Waals surface area contributed by atoms with Crippen molar-refractivity contribution in [1.82, 2.24) is 4.72 Å². The summed E-state index contributed by atoms with van der Waals surface area (Å²) in [5.41, 5.74) is 0. The van der Waals surface area contributed by atoms with Crippen LogP contribution in [0.5, 0.6) is 5.75 Å². The molecule has 1 aromatic rings. The number of rotatable bonds is 4. The van der Waals surface area contributed by atoms with Crippen LogP contribution in [0.15, 0.2) is 29.2 Å². The van der Waals surface area contributed by atoms with Crippen LogP contribution in [0.3, 0.4) is 0 Å². The molecule has 1 aliphatic carbocycles. The number of phenols is 1. The smallest absolute Gasteiger partial charge is 0.244 e. The fourth-order valence-corrected chi connectivity index (χ4v) is 4.13. The molecule has 0 amide bonds. The Hall–Kier alpha value is -1.07. The third-order valence-corrected chi connectivity index (χ3v) is 5.46. The SMILES string of the molecule is CC(NS(=O)(=O)c1ccccc1O)C1CCCCC1. The van der Waals surface area contributed by atoms with E-state index in [1.807, 2.05) is 6.92 Å². The molecule has 4 nitrogen and oxygen atoms in total. The topological polar surface area (TPSA) is 66.4 Å². The molecular weight excluding hydrogens is 262 g/mol. The summed E-state index contributed by atoms with van der Waals surface area (Å²) in [5, 5.41) is 9.65. The Bertz CT molecular complexity index is 521. The van der Waals surface area contributed by atoms with E-state index in [2.05, 4.69) is 4.72 Å². The van der Waals surface area contributed by atoms with Crippen molar-refractivity contribution in [2.75, 3.05) is 0 Å². The Kier molecular flexibility index (Phi) is 4.47. The van der Waals surface area contributed by atoms with Gasteiger partial charge in [0.05, 0.1) is 0 Å². The van der Waals surface area contributed by atoms with Crippen LogP contribution in [0.2, 0.25) is 0 Å². The highest BCUT2D eigenvalue weighted by Gasteiger charge is 2.26. The second-order valence-corrected chi connectivity index (χ2v) is 6.96. The lowest BCUT2D eigenvalue weighted by Crippen LogP contribution is -2.38. The predicted octanol–water partition coefficient (Wildman–Crippen LogP) is 2.64. The van der Waals surface area contributed by atoms with E-state index in [-0.39, 0.29) is 16.7 Å². The molecule has 0 saturated heterocycles. The molecule has 0 radical (unpaired) electrons. The Labute approximate surface area is 114 Å². The Morgan fingerprint density at radius 1 is 1.21 bits per heavy atom. The quantitative estimate of drug-likeness (QED) is 0.892. The van der Waals surface area contributed by atoms with E-state index < -0.39 is 10.0 Å². The number of sulfonamides is 1. The number of benzene rings is 1. The fraction of sp³-hybridized carbons (Fsp3) is 0.571. The molecule has 1 atom stereocenters. The van der Waals surface area contributed by atoms with Gasteiger partial charge in [-0.25, -0.2) is 13.1 Å². The fourth-order valence-electron chi connectivity index (χ4n) is 2.72. The number of aromatic hydroxyl groups is 1. The second kappa shape index (κ2) is 5.92. The lowest BCUT2D eigenvalue weighted by atomic mass is 9.85. The van der Waals surface area contributed by atoms with Crippen LogP contribution in [0.4, 0.5) is 0 Å². The average Bonchev–Trinajstić information content (AvgIpc) is 2.39. The molecule has 0 bridgehead atoms. The molecule has 1 aliphatic rings. The summed E-state index contributed by atoms with van der Waals surface area (Å²) in [6.45, 7) is 1.91. The molecule has 1 saturated carbocycles. The summed E-state index contributed by atoms with van der Waals surface area (Å²) in [4.78, 5) is -0.0438. The van der Waals surface area contributed by atoms with Crippen molar-refractivity contribution >= 4 is 10.0 Å². The van der Waals surface area contributed by atoms with Gasteiger partial charge in [-0.05, 0) is 37.8 Å². The summed E-state index contributed by atoms with van der Waals surface area (Å²) in [6.07, 6.45) is 5.74. The monoisotopic (exact) mass is 283 g/mol. The Morgan fingerprint density at radius 3 is 2.47 bits per heavy atom. The summed E-state index contributed by atoms with van der Waals surface area (Å²) < 4.78 is 27.2. The third kappa shape index (κ3) is 3.48. The van der Waals surface area contributed by atoms with E-state index in [0.29, 0.717) is 5.92 Å². The van der Waals surface area contributed by atoms with E-state index in [0.717, 1.165) is 12.8 Å². The lowest BCUT2D eigenvalue weighted by Gasteiger charge is -2.28. The maximum atomic E-state index is 12.2. The van der Waals surface area contributed by atoms with E-state index in [9.17, 15) is 13.5 Å². The van der Waals surface area contributed by atoms with Gasteiger partial charge in [0.2, 0.25) is 10.0 Å². The third-order valence-electron chi connectivity index (χ3n) is 3.85. The number of phenolic OH excluding ortho intramolecular Hbond substituents is 1. The first-order chi connectivity index (χ1) is 9.00. The van der Waals surface area contributed by atoms with E-state index >= 15 is 0 Å². The van der Waals surface area contributed by atoms with E-state index in [1.54, 1.807) is 12.1 Å². The van der Waals surface area contributed by atoms with Crippen LogP contribution >= 0.6 is 0 Å². The summed E-state index contributed by atoms with van der Waals surface area (Å²) in [7, 11) is -3.64. The van der Waals surface area contributed by atoms with Crippen molar-refractivity contribution in [3.63, 3.8) is 0 Å². The van der Waals surface area contributed by atoms with Gasteiger partial charge in [0, 0.05) is 6.04 Å². The van der Waals surface area contributed by atoms with Gasteiger partial charge in [0.25, 0.3) is 0 Å². The highest BCUT2D eigenvalue weighted by molar-refractivity contribution is 7.89. The minimum atomic E-state index is -3.64. The number of hydrogen-bond donors (Lipinski definition) is 2. The number of hydrogen-bond acceptors (Lipinski definition) is 3. The number of para-hydroxylation sites is 1. The standard InChI is InChI=1S/C14H21NO3S/c1-11(12-7-3-2-4-8-12)15-19(17,18)14-10-6-5-9-13(14)16/h5-6,9-12,15-16H,2-4,7-8H2,1H3. The Balaban J connectivity index is 2.11. The molecule has 19 heavy (non-hydrogen) atoms. The first kappa shape index (κ1) is 14.3. The molecule has 1 fully saturated rings. The van der Waals surface area contributed by atoms with Crippen LogP contribution in [0.25, 0.3) is 0 Å². The van der Waals surface area contributed by atoms with Crippen LogP contribution < -0.4 is 4.72 Å². The summed E-state index contributed by atoms with van der Waals surface area (Å²) in [5.74, 6) is 0.195. The van der Waals surface area contributed by atoms with Gasteiger partial charge in [-0.1, -0.05) is 31.4 Å². The average molecular weight is 283 g/mol. The molecule has 5 heteroatoms. The molecule has 1 aromatic carbocycles. The molecule has 0 spiro atoms. The van der Waals surface area contributed by atoms with Crippen LogP contribution in [0.1, 0.15) is 39.0 Å². The highest BCUT2D eigenvalue weighted by atomic mass is 32.2. The van der Waals surface area contributed by atoms with Crippen molar-refractivity contribution in [1.29, 1.82) is 0 Å². The zero-order chi connectivity index (χ0) is 13.9. The van der Waals surface area contributed by atoms with Crippen molar-refractivity contribution < 1.29 is 13.5 Å². The van der Waals surface area contributed by atoms with Gasteiger partial charge >= 0.3 is 0 Å². The molecule has 2 rings (SSSR count). The summed E-state index contributed by atoms with van der Waals surface area (Å²) >= 11 is 0. The lowest BCUT2D eigenvalue weighted by molar-refractivity contribution is 0.303. The van der Waals surface area contributed by atoms with Crippen molar-refractivity contribution in [3.8, 4) is 5.75 Å². The molecule has 1 unspecified atom stereocenters. The molecule has 0 heterocycles. The maximum Gasteiger partial charge on any atom is 0.244 e. The zero-order valence-corrected chi connectivity index (χ0v) is 12.0. The van der Waals surface area contributed by atoms with Gasteiger partial charge in [-0.2, -0.15) is 0 Å². The summed E-state index contributed by atoms with van der Waals surface area (Å²) in [6, 6.07) is 5.94. The molecule has 106 valence electrons. The van der Waals surface area contributed by atoms with E-state index in [4.69, 9.17) is 0 Å². The normalized spacial score (nSPS) is 19.2. The Morgan fingerprint density at radius 2 is 1.84 bits per heavy atom. The second-order valence-electron chi connectivity index (χ2n) is 5.28. The van der Waals surface area contributed by atoms with Gasteiger partial charge in [0.1, 0.15) is 10.6 Å². The molecule has 0 aromatic heterocycles. The molecular formula is C14H21NO3S. The predicted molar refractivity (Wildman–Crippen MR) is 74.5 cm³/mol. The van der Waals surface area contributed by atoms with Crippen molar-refractivity contribution in [2.24, 2.45) is 5.92 Å². The molecule has 0 aliphatic heterocycles. The van der Waals surface area contributed by atoms with Crippen molar-refractivity contribution in [2.45, 2.75) is 50.0 Å². The van der Waals surface area contributed by atoms with E-state index in [1.165, 1.54) is 31.4 Å². The van der Waals surface area contributed by atoms with Gasteiger partial charge < -0.3 is 5.11 Å². The maximum absolute atomic E-state index is 12.2. The van der Waals surface area contributed by atoms with Gasteiger partial charge in [-0.15, -0.1) is 0 Å². The highest BCUT2D eigenvalue weighted by Crippen LogP contribution is 2.28. The minimum absolute atomic E-state index is 0.0438. The van der Waals surface area contributed by atoms with Crippen LogP contribution in [-0.2, 0) is 10.0 Å². The minimum Gasteiger partial charge on any atom is -0.507 e. The first-order valence-electron chi connectivity index (χ1n) is 6.81. The number of nitrogens with one attached hydrogen (secondary N) is 1. The van der Waals surface area contributed by atoms with Gasteiger partial charge in [0.15, 0.2) is 0 Å². The van der Waals surface area contributed by atoms with Gasteiger partial charge in [-0.3, -0.25) is 0 Å². The molecule has 2 N–H and O–H groups in total. The van der Waals surface area contributed by atoms with Crippen LogP contribution in [-0.4, -0.2) is 19.6 Å².